The molecular formula is C16H18N2O. The first-order chi connectivity index (χ1) is 9.25. The summed E-state index contributed by atoms with van der Waals surface area (Å²) in [6.45, 7) is 0.981. The molecule has 1 aromatic heterocycles. The number of benzene rings is 1. The summed E-state index contributed by atoms with van der Waals surface area (Å²) in [5.74, 6) is 0.329. The fraction of sp³-hybridized carbons (Fsp3) is 0.438. The van der Waals surface area contributed by atoms with Crippen molar-refractivity contribution in [1.82, 2.24) is 4.57 Å². The SMILES string of the molecule is Nc1cc2c3c(c1)c1c(n3CCC2)C(=O)CCCC1. The highest BCUT2D eigenvalue weighted by Gasteiger charge is 2.27. The number of carbonyl (C=O) groups is 1. The van der Waals surface area contributed by atoms with Crippen LogP contribution in [0.3, 0.4) is 0 Å². The molecular weight excluding hydrogens is 236 g/mol. The van der Waals surface area contributed by atoms with Gasteiger partial charge >= 0.3 is 0 Å². The lowest BCUT2D eigenvalue weighted by Gasteiger charge is -2.18. The molecule has 0 amide bonds. The van der Waals surface area contributed by atoms with Gasteiger partial charge in [0.05, 0.1) is 11.2 Å². The molecule has 4 rings (SSSR count). The number of rotatable bonds is 0. The zero-order valence-electron chi connectivity index (χ0n) is 11.0. The molecule has 0 bridgehead atoms. The monoisotopic (exact) mass is 254 g/mol. The van der Waals surface area contributed by atoms with Gasteiger partial charge in [-0.2, -0.15) is 0 Å². The summed E-state index contributed by atoms with van der Waals surface area (Å²) in [5, 5.41) is 1.24. The molecule has 0 saturated heterocycles. The molecule has 2 aliphatic rings. The van der Waals surface area contributed by atoms with Crippen molar-refractivity contribution in [2.45, 2.75) is 45.1 Å². The quantitative estimate of drug-likeness (QED) is 0.580. The van der Waals surface area contributed by atoms with Crippen molar-refractivity contribution in [1.29, 1.82) is 0 Å². The van der Waals surface area contributed by atoms with E-state index in [1.807, 2.05) is 0 Å². The largest absolute Gasteiger partial charge is 0.399 e. The van der Waals surface area contributed by atoms with Crippen LogP contribution in [0.25, 0.3) is 10.9 Å². The standard InChI is InChI=1S/C16H18N2O/c17-11-8-10-4-3-7-18-15(10)13(9-11)12-5-1-2-6-14(19)16(12)18/h8-9H,1-7,17H2. The highest BCUT2D eigenvalue weighted by Crippen LogP contribution is 2.37. The molecule has 19 heavy (non-hydrogen) atoms. The van der Waals surface area contributed by atoms with Gasteiger partial charge in [-0.05, 0) is 55.4 Å². The lowest BCUT2D eigenvalue weighted by Crippen LogP contribution is -2.14. The minimum absolute atomic E-state index is 0.329. The first-order valence-corrected chi connectivity index (χ1v) is 7.22. The van der Waals surface area contributed by atoms with Crippen molar-refractivity contribution < 1.29 is 4.79 Å². The van der Waals surface area contributed by atoms with Gasteiger partial charge in [0.25, 0.3) is 0 Å². The van der Waals surface area contributed by atoms with E-state index in [4.69, 9.17) is 5.73 Å². The van der Waals surface area contributed by atoms with Crippen molar-refractivity contribution in [2.24, 2.45) is 0 Å². The first kappa shape index (κ1) is 11.1. The molecule has 2 aromatic rings. The molecule has 1 aromatic carbocycles. The van der Waals surface area contributed by atoms with Gasteiger partial charge in [0.2, 0.25) is 0 Å². The van der Waals surface area contributed by atoms with E-state index in [9.17, 15) is 4.79 Å². The minimum atomic E-state index is 0.329. The van der Waals surface area contributed by atoms with Crippen LogP contribution in [0.1, 0.15) is 47.3 Å². The van der Waals surface area contributed by atoms with Crippen LogP contribution in [0.5, 0.6) is 0 Å². The molecule has 1 aliphatic carbocycles. The molecule has 98 valence electrons. The molecule has 0 atom stereocenters. The highest BCUT2D eigenvalue weighted by molar-refractivity contribution is 6.04. The van der Waals surface area contributed by atoms with E-state index in [1.165, 1.54) is 22.0 Å². The molecule has 3 nitrogen and oxygen atoms in total. The van der Waals surface area contributed by atoms with Crippen molar-refractivity contribution in [2.75, 3.05) is 5.73 Å². The number of aryl methyl sites for hydroxylation is 3. The number of nitrogens with zero attached hydrogens (tertiary/aromatic N) is 1. The van der Waals surface area contributed by atoms with Crippen molar-refractivity contribution >= 4 is 22.4 Å². The third-order valence-electron chi connectivity index (χ3n) is 4.53. The predicted octanol–water partition coefficient (Wildman–Crippen LogP) is 3.08. The molecule has 1 aliphatic heterocycles. The number of fused-ring (bicyclic) bond motifs is 3. The van der Waals surface area contributed by atoms with Gasteiger partial charge in [0, 0.05) is 24.0 Å². The van der Waals surface area contributed by atoms with Crippen molar-refractivity contribution in [3.05, 3.63) is 29.0 Å². The predicted molar refractivity (Wildman–Crippen MR) is 76.6 cm³/mol. The number of hydrogen-bond acceptors (Lipinski definition) is 2. The number of nitrogens with two attached hydrogens (primary N) is 1. The normalized spacial score (nSPS) is 18.4. The second kappa shape index (κ2) is 3.86. The van der Waals surface area contributed by atoms with E-state index < -0.39 is 0 Å². The van der Waals surface area contributed by atoms with Crippen LogP contribution in [-0.4, -0.2) is 10.4 Å². The summed E-state index contributed by atoms with van der Waals surface area (Å²) < 4.78 is 2.27. The van der Waals surface area contributed by atoms with Gasteiger partial charge in [-0.25, -0.2) is 0 Å². The third-order valence-corrected chi connectivity index (χ3v) is 4.53. The lowest BCUT2D eigenvalue weighted by atomic mass is 10.00. The average Bonchev–Trinajstić information content (AvgIpc) is 2.57. The van der Waals surface area contributed by atoms with Gasteiger partial charge < -0.3 is 10.3 Å². The Morgan fingerprint density at radius 1 is 1.05 bits per heavy atom. The summed E-state index contributed by atoms with van der Waals surface area (Å²) in [5.41, 5.74) is 11.7. The zero-order chi connectivity index (χ0) is 13.0. The smallest absolute Gasteiger partial charge is 0.179 e. The first-order valence-electron chi connectivity index (χ1n) is 7.22. The number of nitrogen functional groups attached to an aromatic ring is 1. The van der Waals surface area contributed by atoms with Gasteiger partial charge in [-0.15, -0.1) is 0 Å². The summed E-state index contributed by atoms with van der Waals surface area (Å²) in [4.78, 5) is 12.4. The molecule has 0 spiro atoms. The number of Topliss-reactive ketones (excluding diaryl/α,β-unsaturated/α-hetero) is 1. The van der Waals surface area contributed by atoms with Crippen molar-refractivity contribution in [3.63, 3.8) is 0 Å². The highest BCUT2D eigenvalue weighted by atomic mass is 16.1. The summed E-state index contributed by atoms with van der Waals surface area (Å²) >= 11 is 0. The van der Waals surface area contributed by atoms with Crippen LogP contribution >= 0.6 is 0 Å². The van der Waals surface area contributed by atoms with Crippen LogP contribution in [0.15, 0.2) is 12.1 Å². The summed E-state index contributed by atoms with van der Waals surface area (Å²) in [6.07, 6.45) is 6.05. The third kappa shape index (κ3) is 1.47. The lowest BCUT2D eigenvalue weighted by molar-refractivity contribution is 0.0973. The molecule has 0 saturated carbocycles. The zero-order valence-corrected chi connectivity index (χ0v) is 11.0. The second-order valence-electron chi connectivity index (χ2n) is 5.79. The second-order valence-corrected chi connectivity index (χ2v) is 5.79. The van der Waals surface area contributed by atoms with Gasteiger partial charge in [-0.1, -0.05) is 0 Å². The summed E-state index contributed by atoms with van der Waals surface area (Å²) in [6, 6.07) is 4.15. The Morgan fingerprint density at radius 3 is 2.79 bits per heavy atom. The van der Waals surface area contributed by atoms with E-state index in [0.29, 0.717) is 12.2 Å². The van der Waals surface area contributed by atoms with Crippen LogP contribution in [0.4, 0.5) is 5.69 Å². The van der Waals surface area contributed by atoms with Crippen LogP contribution in [0.2, 0.25) is 0 Å². The maximum atomic E-state index is 12.4. The number of carbonyl (C=O) groups excluding carboxylic acids is 1. The molecule has 0 radical (unpaired) electrons. The van der Waals surface area contributed by atoms with Crippen LogP contribution in [0, 0.1) is 0 Å². The Labute approximate surface area is 112 Å². The van der Waals surface area contributed by atoms with Gasteiger partial charge in [-0.3, -0.25) is 4.79 Å². The van der Waals surface area contributed by atoms with E-state index in [0.717, 1.165) is 50.0 Å². The maximum absolute atomic E-state index is 12.4. The van der Waals surface area contributed by atoms with Crippen LogP contribution in [-0.2, 0) is 19.4 Å². The average molecular weight is 254 g/mol. The fourth-order valence-electron chi connectivity index (χ4n) is 3.79. The Bertz CT molecular complexity index is 697. The topological polar surface area (TPSA) is 48.0 Å². The van der Waals surface area contributed by atoms with Crippen LogP contribution < -0.4 is 5.73 Å². The number of hydrogen-bond donors (Lipinski definition) is 1. The Kier molecular flexibility index (Phi) is 2.25. The van der Waals surface area contributed by atoms with Gasteiger partial charge in [0.1, 0.15) is 0 Å². The van der Waals surface area contributed by atoms with Gasteiger partial charge in [0.15, 0.2) is 5.78 Å². The molecule has 0 unspecified atom stereocenters. The molecule has 2 heterocycles. The van der Waals surface area contributed by atoms with E-state index in [1.54, 1.807) is 0 Å². The Morgan fingerprint density at radius 2 is 1.89 bits per heavy atom. The summed E-state index contributed by atoms with van der Waals surface area (Å²) in [7, 11) is 0. The van der Waals surface area contributed by atoms with Crippen molar-refractivity contribution in [3.8, 4) is 0 Å². The van der Waals surface area contributed by atoms with E-state index >= 15 is 0 Å². The fourth-order valence-corrected chi connectivity index (χ4v) is 3.79. The Balaban J connectivity index is 2.14. The molecule has 3 heteroatoms. The number of ketones is 1. The van der Waals surface area contributed by atoms with E-state index in [2.05, 4.69) is 16.7 Å². The number of aromatic nitrogens is 1. The maximum Gasteiger partial charge on any atom is 0.179 e. The van der Waals surface area contributed by atoms with E-state index in [-0.39, 0.29) is 0 Å². The molecule has 0 fully saturated rings. The Hall–Kier alpha value is -1.77. The molecule has 2 N–H and O–H groups in total. The number of anilines is 1. The minimum Gasteiger partial charge on any atom is -0.399 e.